The van der Waals surface area contributed by atoms with Crippen molar-refractivity contribution in [2.75, 3.05) is 0 Å². The second-order valence-corrected chi connectivity index (χ2v) is 3.31. The first-order valence-electron chi connectivity index (χ1n) is 5.13. The highest BCUT2D eigenvalue weighted by Crippen LogP contribution is 2.22. The Bertz CT molecular complexity index is 552. The second kappa shape index (κ2) is 5.55. The van der Waals surface area contributed by atoms with Gasteiger partial charge in [-0.2, -0.15) is 0 Å². The molecule has 4 heteroatoms. The van der Waals surface area contributed by atoms with E-state index in [9.17, 15) is 5.11 Å². The highest BCUT2D eigenvalue weighted by Gasteiger charge is 1.94. The van der Waals surface area contributed by atoms with Crippen LogP contribution in [0.2, 0.25) is 0 Å². The van der Waals surface area contributed by atoms with Gasteiger partial charge in [0.2, 0.25) is 0 Å². The molecule has 2 aromatic carbocycles. The first kappa shape index (κ1) is 11.0. The van der Waals surface area contributed by atoms with Gasteiger partial charge >= 0.3 is 0 Å². The van der Waals surface area contributed by atoms with E-state index in [-0.39, 0.29) is 0 Å². The summed E-state index contributed by atoms with van der Waals surface area (Å²) in [5.41, 5.74) is 0. The summed E-state index contributed by atoms with van der Waals surface area (Å²) in [6.45, 7) is 0. The molecule has 0 atom stereocenters. The van der Waals surface area contributed by atoms with Gasteiger partial charge in [-0.1, -0.05) is 36.4 Å². The number of hydrogen-bond donors (Lipinski definition) is 1. The normalized spacial score (nSPS) is 9.41. The number of nitrogens with zero attached hydrogens (tertiary/aromatic N) is 3. The molecule has 0 spiro atoms. The molecule has 0 unspecified atom stereocenters. The molecule has 0 saturated heterocycles. The standard InChI is InChI=1S/C10H8O.C3H3N3/c11-10-7-3-5-8-4-1-2-6-9(8)10;1-2-4-6-5-3-1/h1-7,11H;1-3H. The van der Waals surface area contributed by atoms with Crippen molar-refractivity contribution in [3.8, 4) is 5.75 Å². The molecule has 0 bridgehead atoms. The summed E-state index contributed by atoms with van der Waals surface area (Å²) in [4.78, 5) is 0. The van der Waals surface area contributed by atoms with Crippen LogP contribution >= 0.6 is 0 Å². The number of fused-ring (bicyclic) bond motifs is 1. The summed E-state index contributed by atoms with van der Waals surface area (Å²) in [5, 5.41) is 21.5. The number of aromatic hydroxyl groups is 1. The third-order valence-corrected chi connectivity index (χ3v) is 2.18. The number of phenolic OH excluding ortho intramolecular Hbond substituents is 1. The summed E-state index contributed by atoms with van der Waals surface area (Å²) >= 11 is 0. The highest BCUT2D eigenvalue weighted by molar-refractivity contribution is 5.87. The van der Waals surface area contributed by atoms with E-state index in [1.165, 1.54) is 0 Å². The Hall–Kier alpha value is -2.49. The third-order valence-electron chi connectivity index (χ3n) is 2.18. The maximum atomic E-state index is 9.37. The van der Waals surface area contributed by atoms with Crippen LogP contribution in [0.1, 0.15) is 0 Å². The second-order valence-electron chi connectivity index (χ2n) is 3.31. The Labute approximate surface area is 98.6 Å². The minimum atomic E-state index is 0.350. The number of rotatable bonds is 0. The Morgan fingerprint density at radius 1 is 0.765 bits per heavy atom. The predicted octanol–water partition coefficient (Wildman–Crippen LogP) is 2.42. The Balaban J connectivity index is 0.000000153. The largest absolute Gasteiger partial charge is 0.507 e. The van der Waals surface area contributed by atoms with Crippen LogP contribution in [0.15, 0.2) is 60.9 Å². The number of hydrogen-bond acceptors (Lipinski definition) is 4. The first-order chi connectivity index (χ1) is 8.38. The molecule has 4 nitrogen and oxygen atoms in total. The van der Waals surface area contributed by atoms with Gasteiger partial charge in [-0.15, -0.1) is 10.2 Å². The van der Waals surface area contributed by atoms with Crippen molar-refractivity contribution in [3.63, 3.8) is 0 Å². The van der Waals surface area contributed by atoms with E-state index in [1.54, 1.807) is 24.5 Å². The molecule has 0 aliphatic carbocycles. The highest BCUT2D eigenvalue weighted by atomic mass is 16.3. The molecule has 0 radical (unpaired) electrons. The van der Waals surface area contributed by atoms with Gasteiger partial charge in [-0.05, 0) is 22.7 Å². The molecule has 0 saturated carbocycles. The summed E-state index contributed by atoms with van der Waals surface area (Å²) in [5.74, 6) is 0.350. The predicted molar refractivity (Wildman–Crippen MR) is 65.4 cm³/mol. The van der Waals surface area contributed by atoms with Crippen molar-refractivity contribution >= 4 is 10.8 Å². The SMILES string of the molecule is Oc1cccc2ccccc12.c1cnnnc1. The van der Waals surface area contributed by atoms with Gasteiger partial charge in [-0.3, -0.25) is 0 Å². The molecule has 3 aromatic rings. The van der Waals surface area contributed by atoms with E-state index >= 15 is 0 Å². The van der Waals surface area contributed by atoms with Gasteiger partial charge in [0.25, 0.3) is 0 Å². The molecule has 17 heavy (non-hydrogen) atoms. The van der Waals surface area contributed by atoms with E-state index in [4.69, 9.17) is 0 Å². The van der Waals surface area contributed by atoms with Crippen molar-refractivity contribution in [3.05, 3.63) is 60.9 Å². The van der Waals surface area contributed by atoms with Gasteiger partial charge in [0, 0.05) is 5.39 Å². The van der Waals surface area contributed by atoms with Crippen LogP contribution in [0, 0.1) is 0 Å². The average Bonchev–Trinajstić information content (AvgIpc) is 2.42. The number of aromatic nitrogens is 3. The van der Waals surface area contributed by atoms with E-state index in [2.05, 4.69) is 15.4 Å². The summed E-state index contributed by atoms with van der Waals surface area (Å²) in [7, 11) is 0. The molecule has 1 aromatic heterocycles. The lowest BCUT2D eigenvalue weighted by Gasteiger charge is -1.97. The smallest absolute Gasteiger partial charge is 0.123 e. The quantitative estimate of drug-likeness (QED) is 0.638. The van der Waals surface area contributed by atoms with Crippen LogP contribution in [-0.4, -0.2) is 20.5 Å². The summed E-state index contributed by atoms with van der Waals surface area (Å²) in [6, 6.07) is 15.0. The minimum Gasteiger partial charge on any atom is -0.507 e. The molecule has 84 valence electrons. The lowest BCUT2D eigenvalue weighted by atomic mass is 10.1. The van der Waals surface area contributed by atoms with Crippen LogP contribution < -0.4 is 0 Å². The zero-order valence-electron chi connectivity index (χ0n) is 9.06. The molecule has 1 heterocycles. The molecule has 0 aliphatic heterocycles. The van der Waals surface area contributed by atoms with Crippen molar-refractivity contribution < 1.29 is 5.11 Å². The summed E-state index contributed by atoms with van der Waals surface area (Å²) < 4.78 is 0. The van der Waals surface area contributed by atoms with Gasteiger partial charge in [0.05, 0.1) is 12.4 Å². The zero-order chi connectivity index (χ0) is 11.9. The fourth-order valence-corrected chi connectivity index (χ4v) is 1.41. The monoisotopic (exact) mass is 225 g/mol. The van der Waals surface area contributed by atoms with Crippen molar-refractivity contribution in [2.24, 2.45) is 0 Å². The first-order valence-corrected chi connectivity index (χ1v) is 5.13. The van der Waals surface area contributed by atoms with E-state index in [0.29, 0.717) is 5.75 Å². The Kier molecular flexibility index (Phi) is 3.60. The lowest BCUT2D eigenvalue weighted by Crippen LogP contribution is -1.78. The lowest BCUT2D eigenvalue weighted by molar-refractivity contribution is 0.481. The third kappa shape index (κ3) is 2.98. The van der Waals surface area contributed by atoms with Crippen LogP contribution in [0.3, 0.4) is 0 Å². The zero-order valence-corrected chi connectivity index (χ0v) is 9.06. The van der Waals surface area contributed by atoms with Crippen LogP contribution in [0.25, 0.3) is 10.8 Å². The molecule has 0 amide bonds. The molecular formula is C13H11N3O. The van der Waals surface area contributed by atoms with E-state index in [0.717, 1.165) is 10.8 Å². The van der Waals surface area contributed by atoms with Crippen molar-refractivity contribution in [2.45, 2.75) is 0 Å². The Morgan fingerprint density at radius 3 is 2.06 bits per heavy atom. The molecule has 0 aliphatic rings. The van der Waals surface area contributed by atoms with Gasteiger partial charge in [0.15, 0.2) is 0 Å². The van der Waals surface area contributed by atoms with Crippen LogP contribution in [0.5, 0.6) is 5.75 Å². The summed E-state index contributed by atoms with van der Waals surface area (Å²) in [6.07, 6.45) is 3.15. The topological polar surface area (TPSA) is 58.9 Å². The Morgan fingerprint density at radius 2 is 1.47 bits per heavy atom. The van der Waals surface area contributed by atoms with Crippen LogP contribution in [0.4, 0.5) is 0 Å². The number of benzene rings is 2. The molecule has 1 N–H and O–H groups in total. The molecular weight excluding hydrogens is 214 g/mol. The fourth-order valence-electron chi connectivity index (χ4n) is 1.41. The molecule has 0 fully saturated rings. The van der Waals surface area contributed by atoms with Gasteiger partial charge in [-0.25, -0.2) is 0 Å². The maximum absolute atomic E-state index is 9.37. The molecule has 3 rings (SSSR count). The van der Waals surface area contributed by atoms with Gasteiger partial charge < -0.3 is 5.11 Å². The van der Waals surface area contributed by atoms with Crippen molar-refractivity contribution in [1.82, 2.24) is 15.4 Å². The van der Waals surface area contributed by atoms with E-state index in [1.807, 2.05) is 36.4 Å². The van der Waals surface area contributed by atoms with Crippen LogP contribution in [-0.2, 0) is 0 Å². The van der Waals surface area contributed by atoms with E-state index < -0.39 is 0 Å². The fraction of sp³-hybridized carbons (Fsp3) is 0. The van der Waals surface area contributed by atoms with Crippen molar-refractivity contribution in [1.29, 1.82) is 0 Å². The number of phenols is 1. The minimum absolute atomic E-state index is 0.350. The average molecular weight is 225 g/mol. The maximum Gasteiger partial charge on any atom is 0.123 e. The van der Waals surface area contributed by atoms with Gasteiger partial charge in [0.1, 0.15) is 5.75 Å².